The molecule has 9 aromatic carbocycles. The molecular weight excluding hydrogens is 711 g/mol. The van der Waals surface area contributed by atoms with Gasteiger partial charge in [0.05, 0.1) is 0 Å². The highest BCUT2D eigenvalue weighted by molar-refractivity contribution is 7.25. The van der Waals surface area contributed by atoms with Crippen LogP contribution in [0.5, 0.6) is 0 Å². The van der Waals surface area contributed by atoms with E-state index in [1.165, 1.54) is 47.5 Å². The van der Waals surface area contributed by atoms with Crippen molar-refractivity contribution in [3.63, 3.8) is 0 Å². The molecule has 3 nitrogen and oxygen atoms in total. The topological polar surface area (TPSA) is 38.7 Å². The van der Waals surface area contributed by atoms with E-state index >= 15 is 0 Å². The minimum atomic E-state index is 0.635. The van der Waals surface area contributed by atoms with Crippen LogP contribution in [0.4, 0.5) is 0 Å². The molecule has 57 heavy (non-hydrogen) atoms. The van der Waals surface area contributed by atoms with Gasteiger partial charge in [-0.3, -0.25) is 0 Å². The van der Waals surface area contributed by atoms with Crippen molar-refractivity contribution in [1.29, 1.82) is 0 Å². The van der Waals surface area contributed by atoms with Crippen LogP contribution >= 0.6 is 11.3 Å². The molecule has 0 saturated carbocycles. The number of benzene rings is 9. The van der Waals surface area contributed by atoms with Crippen LogP contribution in [0.15, 0.2) is 200 Å². The second kappa shape index (κ2) is 13.8. The van der Waals surface area contributed by atoms with Crippen LogP contribution in [-0.4, -0.2) is 15.0 Å². The van der Waals surface area contributed by atoms with Gasteiger partial charge in [0.15, 0.2) is 17.5 Å². The third-order valence-corrected chi connectivity index (χ3v) is 12.0. The smallest absolute Gasteiger partial charge is 0.164 e. The molecule has 0 radical (unpaired) electrons. The van der Waals surface area contributed by atoms with E-state index in [0.29, 0.717) is 17.5 Å². The Morgan fingerprint density at radius 3 is 1.49 bits per heavy atom. The van der Waals surface area contributed by atoms with Crippen LogP contribution in [0.2, 0.25) is 0 Å². The third-order valence-electron chi connectivity index (χ3n) is 10.9. The van der Waals surface area contributed by atoms with E-state index in [1.807, 2.05) is 17.4 Å². The molecule has 0 spiro atoms. The number of hydrogen-bond donors (Lipinski definition) is 0. The molecule has 266 valence electrons. The normalized spacial score (nSPS) is 11.5. The maximum atomic E-state index is 5.13. The molecule has 0 aliphatic rings. The Bertz CT molecular complexity index is 3310. The number of hydrogen-bond acceptors (Lipinski definition) is 4. The maximum Gasteiger partial charge on any atom is 0.164 e. The highest BCUT2D eigenvalue weighted by Gasteiger charge is 2.15. The van der Waals surface area contributed by atoms with Gasteiger partial charge in [-0.25, -0.2) is 15.0 Å². The van der Waals surface area contributed by atoms with Gasteiger partial charge in [0, 0.05) is 36.9 Å². The van der Waals surface area contributed by atoms with Gasteiger partial charge < -0.3 is 0 Å². The molecule has 11 rings (SSSR count). The van der Waals surface area contributed by atoms with Crippen LogP contribution in [0.3, 0.4) is 0 Å². The Balaban J connectivity index is 0.989. The van der Waals surface area contributed by atoms with Crippen LogP contribution in [0.1, 0.15) is 0 Å². The zero-order valence-electron chi connectivity index (χ0n) is 30.8. The Kier molecular flexibility index (Phi) is 8.01. The van der Waals surface area contributed by atoms with E-state index < -0.39 is 0 Å². The Morgan fingerprint density at radius 2 is 0.737 bits per heavy atom. The predicted octanol–water partition coefficient (Wildman–Crippen LogP) is 14.5. The van der Waals surface area contributed by atoms with Gasteiger partial charge in [-0.2, -0.15) is 0 Å². The monoisotopic (exact) mass is 743 g/mol. The first-order valence-corrected chi connectivity index (χ1v) is 20.0. The molecule has 0 atom stereocenters. The lowest BCUT2D eigenvalue weighted by Crippen LogP contribution is -2.00. The van der Waals surface area contributed by atoms with E-state index in [-0.39, 0.29) is 0 Å². The lowest BCUT2D eigenvalue weighted by Gasteiger charge is -2.11. The summed E-state index contributed by atoms with van der Waals surface area (Å²) in [5.41, 5.74) is 9.84. The number of nitrogens with zero attached hydrogens (tertiary/aromatic N) is 3. The number of aromatic nitrogens is 3. The molecule has 0 N–H and O–H groups in total. The first-order valence-electron chi connectivity index (χ1n) is 19.2. The Hall–Kier alpha value is -7.27. The van der Waals surface area contributed by atoms with Crippen LogP contribution in [-0.2, 0) is 0 Å². The second-order valence-corrected chi connectivity index (χ2v) is 15.5. The van der Waals surface area contributed by atoms with Gasteiger partial charge in [-0.05, 0) is 97.4 Å². The second-order valence-electron chi connectivity index (χ2n) is 14.4. The van der Waals surface area contributed by atoms with Crippen molar-refractivity contribution in [2.24, 2.45) is 0 Å². The lowest BCUT2D eigenvalue weighted by atomic mass is 9.95. The summed E-state index contributed by atoms with van der Waals surface area (Å²) in [5.74, 6) is 1.92. The zero-order chi connectivity index (χ0) is 37.7. The van der Waals surface area contributed by atoms with Crippen molar-refractivity contribution in [3.8, 4) is 67.5 Å². The molecule has 0 unspecified atom stereocenters. The summed E-state index contributed by atoms with van der Waals surface area (Å²) in [5, 5.41) is 7.39. The summed E-state index contributed by atoms with van der Waals surface area (Å²) in [7, 11) is 0. The molecule has 2 aromatic heterocycles. The van der Waals surface area contributed by atoms with Crippen molar-refractivity contribution in [2.75, 3.05) is 0 Å². The third kappa shape index (κ3) is 6.13. The number of rotatable bonds is 6. The van der Waals surface area contributed by atoms with Gasteiger partial charge >= 0.3 is 0 Å². The zero-order valence-corrected chi connectivity index (χ0v) is 31.6. The van der Waals surface area contributed by atoms with Gasteiger partial charge in [-0.15, -0.1) is 11.3 Å². The summed E-state index contributed by atoms with van der Waals surface area (Å²) < 4.78 is 2.64. The van der Waals surface area contributed by atoms with Crippen LogP contribution < -0.4 is 0 Å². The first kappa shape index (κ1) is 33.1. The molecular formula is C53H33N3S. The largest absolute Gasteiger partial charge is 0.208 e. The van der Waals surface area contributed by atoms with E-state index in [2.05, 4.69) is 194 Å². The average molecular weight is 744 g/mol. The van der Waals surface area contributed by atoms with Gasteiger partial charge in [0.2, 0.25) is 0 Å². The van der Waals surface area contributed by atoms with Crippen LogP contribution in [0, 0.1) is 0 Å². The van der Waals surface area contributed by atoms with Gasteiger partial charge in [0.1, 0.15) is 0 Å². The standard InChI is InChI=1S/C53H33N3S/c1-2-11-34(12-3-1)37-15-8-17-43(31-37)51-54-52(56-53(55-51)45-28-23-35-13-4-5-14-36(35)32-45)44-18-9-16-38(33-44)39-24-25-41-30-42(27-26-40(41)29-39)46-20-10-22-49-50(46)47-19-6-7-21-48(47)57-49/h1-33H. The summed E-state index contributed by atoms with van der Waals surface area (Å²) in [4.78, 5) is 15.4. The van der Waals surface area contributed by atoms with Gasteiger partial charge in [0.25, 0.3) is 0 Å². The highest BCUT2D eigenvalue weighted by atomic mass is 32.1. The molecule has 4 heteroatoms. The van der Waals surface area contributed by atoms with Crippen LogP contribution in [0.25, 0.3) is 109 Å². The predicted molar refractivity (Wildman–Crippen MR) is 240 cm³/mol. The minimum absolute atomic E-state index is 0.635. The van der Waals surface area contributed by atoms with E-state index in [4.69, 9.17) is 15.0 Å². The average Bonchev–Trinajstić information content (AvgIpc) is 3.68. The number of fused-ring (bicyclic) bond motifs is 5. The van der Waals surface area contributed by atoms with Gasteiger partial charge in [-0.1, -0.05) is 158 Å². The maximum absolute atomic E-state index is 5.13. The molecule has 0 fully saturated rings. The summed E-state index contributed by atoms with van der Waals surface area (Å²) in [6, 6.07) is 71.2. The van der Waals surface area contributed by atoms with E-state index in [9.17, 15) is 0 Å². The number of thiophene rings is 1. The highest BCUT2D eigenvalue weighted by Crippen LogP contribution is 2.41. The summed E-state index contributed by atoms with van der Waals surface area (Å²) >= 11 is 1.86. The van der Waals surface area contributed by atoms with Crippen molar-refractivity contribution >= 4 is 53.1 Å². The van der Waals surface area contributed by atoms with Crippen molar-refractivity contribution < 1.29 is 0 Å². The fourth-order valence-corrected chi connectivity index (χ4v) is 9.14. The molecule has 0 amide bonds. The molecule has 0 aliphatic carbocycles. The lowest BCUT2D eigenvalue weighted by molar-refractivity contribution is 1.07. The first-order chi connectivity index (χ1) is 28.2. The molecule has 2 heterocycles. The quantitative estimate of drug-likeness (QED) is 0.170. The van der Waals surface area contributed by atoms with E-state index in [0.717, 1.165) is 44.3 Å². The molecule has 0 saturated heterocycles. The fraction of sp³-hybridized carbons (Fsp3) is 0. The van der Waals surface area contributed by atoms with E-state index in [1.54, 1.807) is 0 Å². The SMILES string of the molecule is c1ccc(-c2cccc(-c3nc(-c4cccc(-c5ccc6cc(-c7cccc8sc9ccccc9c78)ccc6c5)c4)nc(-c4ccc5ccccc5c4)n3)c2)cc1. The minimum Gasteiger partial charge on any atom is -0.208 e. The molecule has 0 aliphatic heterocycles. The fourth-order valence-electron chi connectivity index (χ4n) is 8.01. The van der Waals surface area contributed by atoms with Crippen molar-refractivity contribution in [2.45, 2.75) is 0 Å². The Morgan fingerprint density at radius 1 is 0.281 bits per heavy atom. The summed E-state index contributed by atoms with van der Waals surface area (Å²) in [6.45, 7) is 0. The summed E-state index contributed by atoms with van der Waals surface area (Å²) in [6.07, 6.45) is 0. The Labute approximate surface area is 334 Å². The molecule has 0 bridgehead atoms. The van der Waals surface area contributed by atoms with Crippen molar-refractivity contribution in [1.82, 2.24) is 15.0 Å². The molecule has 11 aromatic rings. The van der Waals surface area contributed by atoms with Crippen molar-refractivity contribution in [3.05, 3.63) is 200 Å².